The molecule has 28 heavy (non-hydrogen) atoms. The van der Waals surface area contributed by atoms with Crippen LogP contribution in [0.1, 0.15) is 38.1 Å². The molecule has 0 radical (unpaired) electrons. The third-order valence-corrected chi connectivity index (χ3v) is 6.64. The smallest absolute Gasteiger partial charge is 0.236 e. The van der Waals surface area contributed by atoms with Crippen molar-refractivity contribution in [2.45, 2.75) is 40.0 Å². The third-order valence-electron chi connectivity index (χ3n) is 5.72. The maximum atomic E-state index is 12.4. The Hall–Kier alpha value is -1.73. The molecule has 2 fully saturated rings. The maximum Gasteiger partial charge on any atom is 0.236 e. The van der Waals surface area contributed by atoms with Crippen molar-refractivity contribution in [2.24, 2.45) is 5.92 Å². The average Bonchev–Trinajstić information content (AvgIpc) is 3.32. The van der Waals surface area contributed by atoms with Gasteiger partial charge >= 0.3 is 0 Å². The molecule has 4 rings (SSSR count). The van der Waals surface area contributed by atoms with Crippen molar-refractivity contribution in [3.8, 4) is 0 Å². The summed E-state index contributed by atoms with van der Waals surface area (Å²) >= 11 is 1.73. The van der Waals surface area contributed by atoms with Crippen LogP contribution in [0.2, 0.25) is 0 Å². The first-order valence-electron chi connectivity index (χ1n) is 10.5. The lowest BCUT2D eigenvalue weighted by atomic mass is 10.0. The van der Waals surface area contributed by atoms with E-state index in [1.54, 1.807) is 11.3 Å². The quantitative estimate of drug-likeness (QED) is 0.771. The molecule has 2 aromatic rings. The zero-order valence-electron chi connectivity index (χ0n) is 17.3. The molecule has 4 heterocycles. The molecule has 0 bridgehead atoms. The summed E-state index contributed by atoms with van der Waals surface area (Å²) in [4.78, 5) is 29.8. The first kappa shape index (κ1) is 19.6. The number of piperazine rings is 1. The topological polar surface area (TPSA) is 52.6 Å². The molecule has 6 nitrogen and oxygen atoms in total. The SMILES string of the molecule is Cc1nc(N2CCN(CC(=O)N3CCCC3)CC2)c2c(CC(C)C)csc2n1. The number of carbonyl (C=O) groups is 1. The Balaban J connectivity index is 1.47. The molecule has 2 aliphatic rings. The van der Waals surface area contributed by atoms with Gasteiger partial charge in [0.25, 0.3) is 0 Å². The van der Waals surface area contributed by atoms with Gasteiger partial charge in [0.05, 0.1) is 11.9 Å². The van der Waals surface area contributed by atoms with Crippen molar-refractivity contribution in [1.29, 1.82) is 0 Å². The summed E-state index contributed by atoms with van der Waals surface area (Å²) in [5.74, 6) is 2.83. The molecule has 152 valence electrons. The standard InChI is InChI=1S/C21H31N5OS/c1-15(2)12-17-14-28-21-19(17)20(22-16(3)23-21)26-10-8-24(9-11-26)13-18(27)25-6-4-5-7-25/h14-15H,4-13H2,1-3H3. The number of carbonyl (C=O) groups excluding carboxylic acids is 1. The van der Waals surface area contributed by atoms with E-state index in [1.807, 2.05) is 11.8 Å². The summed E-state index contributed by atoms with van der Waals surface area (Å²) in [6.07, 6.45) is 3.37. The van der Waals surface area contributed by atoms with E-state index in [0.29, 0.717) is 18.4 Å². The molecule has 0 unspecified atom stereocenters. The summed E-state index contributed by atoms with van der Waals surface area (Å²) in [6, 6.07) is 0. The van der Waals surface area contributed by atoms with E-state index in [0.717, 1.165) is 75.0 Å². The highest BCUT2D eigenvalue weighted by molar-refractivity contribution is 7.17. The lowest BCUT2D eigenvalue weighted by Gasteiger charge is -2.36. The van der Waals surface area contributed by atoms with Crippen molar-refractivity contribution >= 4 is 33.3 Å². The molecule has 2 saturated heterocycles. The Labute approximate surface area is 171 Å². The molecular weight excluding hydrogens is 370 g/mol. The van der Waals surface area contributed by atoms with Gasteiger partial charge in [-0.05, 0) is 43.0 Å². The van der Waals surface area contributed by atoms with E-state index in [1.165, 1.54) is 10.9 Å². The highest BCUT2D eigenvalue weighted by Gasteiger charge is 2.26. The van der Waals surface area contributed by atoms with Crippen LogP contribution in [0.15, 0.2) is 5.38 Å². The fraction of sp³-hybridized carbons (Fsp3) is 0.667. The van der Waals surface area contributed by atoms with E-state index >= 15 is 0 Å². The highest BCUT2D eigenvalue weighted by atomic mass is 32.1. The number of aryl methyl sites for hydroxylation is 1. The number of aromatic nitrogens is 2. The predicted molar refractivity (Wildman–Crippen MR) is 115 cm³/mol. The Kier molecular flexibility index (Phi) is 5.83. The molecule has 0 spiro atoms. The largest absolute Gasteiger partial charge is 0.353 e. The van der Waals surface area contributed by atoms with E-state index in [-0.39, 0.29) is 0 Å². The molecule has 7 heteroatoms. The van der Waals surface area contributed by atoms with Crippen molar-refractivity contribution in [2.75, 3.05) is 50.7 Å². The second-order valence-corrected chi connectivity index (χ2v) is 9.34. The third kappa shape index (κ3) is 4.15. The average molecular weight is 402 g/mol. The van der Waals surface area contributed by atoms with Crippen molar-refractivity contribution in [1.82, 2.24) is 19.8 Å². The molecule has 2 aromatic heterocycles. The van der Waals surface area contributed by atoms with Crippen LogP contribution in [0.5, 0.6) is 0 Å². The minimum absolute atomic E-state index is 0.295. The molecule has 0 aromatic carbocycles. The van der Waals surface area contributed by atoms with Gasteiger partial charge in [-0.25, -0.2) is 9.97 Å². The zero-order valence-corrected chi connectivity index (χ0v) is 18.1. The van der Waals surface area contributed by atoms with Crippen molar-refractivity contribution in [3.05, 3.63) is 16.8 Å². The van der Waals surface area contributed by atoms with E-state index in [9.17, 15) is 4.79 Å². The molecule has 1 amide bonds. The number of amides is 1. The Morgan fingerprint density at radius 1 is 1.11 bits per heavy atom. The minimum atomic E-state index is 0.295. The first-order valence-corrected chi connectivity index (χ1v) is 11.4. The number of anilines is 1. The van der Waals surface area contributed by atoms with E-state index in [2.05, 4.69) is 34.0 Å². The van der Waals surface area contributed by atoms with Crippen LogP contribution in [0.4, 0.5) is 5.82 Å². The molecule has 2 aliphatic heterocycles. The van der Waals surface area contributed by atoms with Gasteiger partial charge in [0, 0.05) is 39.3 Å². The normalized spacial score (nSPS) is 18.6. The van der Waals surface area contributed by atoms with Gasteiger partial charge in [-0.1, -0.05) is 13.8 Å². The summed E-state index contributed by atoms with van der Waals surface area (Å²) in [6.45, 7) is 12.6. The van der Waals surface area contributed by atoms with Crippen LogP contribution < -0.4 is 4.90 Å². The Bertz CT molecular complexity index is 835. The van der Waals surface area contributed by atoms with Crippen LogP contribution in [0.25, 0.3) is 10.2 Å². The number of fused-ring (bicyclic) bond motifs is 1. The number of nitrogens with zero attached hydrogens (tertiary/aromatic N) is 5. The number of likely N-dealkylation sites (tertiary alicyclic amines) is 1. The fourth-order valence-corrected chi connectivity index (χ4v) is 5.27. The molecule has 0 aliphatic carbocycles. The van der Waals surface area contributed by atoms with Gasteiger partial charge in [0.15, 0.2) is 0 Å². The van der Waals surface area contributed by atoms with Crippen LogP contribution >= 0.6 is 11.3 Å². The zero-order chi connectivity index (χ0) is 19.7. The Morgan fingerprint density at radius 2 is 1.82 bits per heavy atom. The lowest BCUT2D eigenvalue weighted by Crippen LogP contribution is -2.50. The molecule has 0 N–H and O–H groups in total. The lowest BCUT2D eigenvalue weighted by molar-refractivity contribution is -0.131. The monoisotopic (exact) mass is 401 g/mol. The van der Waals surface area contributed by atoms with Gasteiger partial charge in [-0.2, -0.15) is 0 Å². The number of rotatable bonds is 5. The number of hydrogen-bond acceptors (Lipinski definition) is 6. The molecule has 0 saturated carbocycles. The maximum absolute atomic E-state index is 12.4. The van der Waals surface area contributed by atoms with Crippen LogP contribution in [-0.2, 0) is 11.2 Å². The van der Waals surface area contributed by atoms with E-state index < -0.39 is 0 Å². The van der Waals surface area contributed by atoms with E-state index in [4.69, 9.17) is 4.98 Å². The molecule has 0 atom stereocenters. The first-order chi connectivity index (χ1) is 13.5. The van der Waals surface area contributed by atoms with Gasteiger partial charge in [0.2, 0.25) is 5.91 Å². The number of hydrogen-bond donors (Lipinski definition) is 0. The summed E-state index contributed by atoms with van der Waals surface area (Å²) in [5.41, 5.74) is 1.37. The second-order valence-electron chi connectivity index (χ2n) is 8.48. The van der Waals surface area contributed by atoms with Crippen LogP contribution in [-0.4, -0.2) is 71.5 Å². The predicted octanol–water partition coefficient (Wildman–Crippen LogP) is 2.94. The summed E-state index contributed by atoms with van der Waals surface area (Å²) < 4.78 is 0. The minimum Gasteiger partial charge on any atom is -0.353 e. The van der Waals surface area contributed by atoms with Crippen molar-refractivity contribution < 1.29 is 4.79 Å². The number of thiophene rings is 1. The second kappa shape index (κ2) is 8.33. The van der Waals surface area contributed by atoms with Crippen LogP contribution in [0.3, 0.4) is 0 Å². The highest BCUT2D eigenvalue weighted by Crippen LogP contribution is 2.34. The fourth-order valence-electron chi connectivity index (χ4n) is 4.28. The van der Waals surface area contributed by atoms with Gasteiger partial charge < -0.3 is 9.80 Å². The summed E-state index contributed by atoms with van der Waals surface area (Å²) in [7, 11) is 0. The van der Waals surface area contributed by atoms with Crippen LogP contribution in [0, 0.1) is 12.8 Å². The molecular formula is C21H31N5OS. The van der Waals surface area contributed by atoms with Crippen molar-refractivity contribution in [3.63, 3.8) is 0 Å². The van der Waals surface area contributed by atoms with Gasteiger partial charge in [0.1, 0.15) is 16.5 Å². The Morgan fingerprint density at radius 3 is 2.50 bits per heavy atom. The van der Waals surface area contributed by atoms with Gasteiger partial charge in [-0.15, -0.1) is 11.3 Å². The van der Waals surface area contributed by atoms with Gasteiger partial charge in [-0.3, -0.25) is 9.69 Å². The summed E-state index contributed by atoms with van der Waals surface area (Å²) in [5, 5.41) is 3.50.